The molecule has 0 radical (unpaired) electrons. The molecule has 1 rings (SSSR count). The fourth-order valence-corrected chi connectivity index (χ4v) is 3.16. The fourth-order valence-electron chi connectivity index (χ4n) is 1.91. The van der Waals surface area contributed by atoms with Gasteiger partial charge in [0.2, 0.25) is 10.0 Å². The number of rotatable bonds is 4. The molecule has 7 heteroatoms. The summed E-state index contributed by atoms with van der Waals surface area (Å²) in [7, 11) is -2.59. The van der Waals surface area contributed by atoms with Gasteiger partial charge in [-0.3, -0.25) is 4.79 Å². The molecule has 2 N–H and O–H groups in total. The summed E-state index contributed by atoms with van der Waals surface area (Å²) in [6, 6.07) is -0.493. The van der Waals surface area contributed by atoms with E-state index in [2.05, 4.69) is 9.46 Å². The quantitative estimate of drug-likeness (QED) is 0.541. The summed E-state index contributed by atoms with van der Waals surface area (Å²) in [5.41, 5.74) is 0. The van der Waals surface area contributed by atoms with E-state index in [0.717, 1.165) is 26.4 Å². The topological polar surface area (TPSA) is 92.7 Å². The second-order valence-electron chi connectivity index (χ2n) is 4.26. The second kappa shape index (κ2) is 6.32. The summed E-state index contributed by atoms with van der Waals surface area (Å²) in [6.07, 6.45) is 3.28. The third-order valence-corrected chi connectivity index (χ3v) is 4.12. The Bertz CT molecular complexity index is 354. The molecular weight excluding hydrogens is 246 g/mol. The second-order valence-corrected chi connectivity index (χ2v) is 6.02. The van der Waals surface area contributed by atoms with Crippen molar-refractivity contribution in [3.05, 3.63) is 0 Å². The van der Waals surface area contributed by atoms with Crippen molar-refractivity contribution in [3.8, 4) is 0 Å². The Morgan fingerprint density at radius 2 is 2.00 bits per heavy atom. The summed E-state index contributed by atoms with van der Waals surface area (Å²) >= 11 is 0. The van der Waals surface area contributed by atoms with Crippen LogP contribution in [0, 0.1) is 0 Å². The molecule has 100 valence electrons. The van der Waals surface area contributed by atoms with Gasteiger partial charge < -0.3 is 9.84 Å². The Morgan fingerprint density at radius 1 is 1.35 bits per heavy atom. The van der Waals surface area contributed by atoms with Crippen molar-refractivity contribution < 1.29 is 23.1 Å². The first-order valence-corrected chi connectivity index (χ1v) is 7.35. The van der Waals surface area contributed by atoms with E-state index in [1.54, 1.807) is 0 Å². The van der Waals surface area contributed by atoms with Crippen LogP contribution in [0.1, 0.15) is 32.1 Å². The van der Waals surface area contributed by atoms with E-state index in [4.69, 9.17) is 0 Å². The average molecular weight is 265 g/mol. The first-order chi connectivity index (χ1) is 7.94. The Labute approximate surface area is 101 Å². The molecule has 6 nitrogen and oxygen atoms in total. The van der Waals surface area contributed by atoms with Crippen LogP contribution in [0.25, 0.3) is 0 Å². The molecule has 1 fully saturated rings. The molecule has 0 spiro atoms. The maximum atomic E-state index is 11.6. The lowest BCUT2D eigenvalue weighted by molar-refractivity contribution is -0.137. The van der Waals surface area contributed by atoms with Gasteiger partial charge in [-0.15, -0.1) is 0 Å². The number of ether oxygens (including phenoxy) is 1. The van der Waals surface area contributed by atoms with Gasteiger partial charge in [0.05, 0.1) is 13.2 Å². The zero-order valence-corrected chi connectivity index (χ0v) is 10.7. The van der Waals surface area contributed by atoms with Gasteiger partial charge in [0.15, 0.2) is 5.75 Å². The molecule has 2 atom stereocenters. The SMILES string of the molecule is COC(=O)CS(=O)(=O)NC1CCCCCC1O. The average Bonchev–Trinajstić information content (AvgIpc) is 2.43. The first-order valence-electron chi connectivity index (χ1n) is 5.69. The van der Waals surface area contributed by atoms with E-state index in [9.17, 15) is 18.3 Å². The van der Waals surface area contributed by atoms with E-state index < -0.39 is 33.9 Å². The third kappa shape index (κ3) is 5.01. The molecule has 0 saturated heterocycles. The monoisotopic (exact) mass is 265 g/mol. The van der Waals surface area contributed by atoms with Gasteiger partial charge in [0, 0.05) is 6.04 Å². The maximum absolute atomic E-state index is 11.6. The molecule has 0 aliphatic heterocycles. The van der Waals surface area contributed by atoms with E-state index in [1.807, 2.05) is 0 Å². The third-order valence-electron chi connectivity index (χ3n) is 2.85. The Kier molecular flexibility index (Phi) is 5.35. The lowest BCUT2D eigenvalue weighted by atomic mass is 10.1. The number of carbonyl (C=O) groups excluding carboxylic acids is 1. The van der Waals surface area contributed by atoms with Crippen LogP contribution in [0.15, 0.2) is 0 Å². The maximum Gasteiger partial charge on any atom is 0.322 e. The summed E-state index contributed by atoms with van der Waals surface area (Å²) in [6.45, 7) is 0. The number of carbonyl (C=O) groups is 1. The number of hydrogen-bond acceptors (Lipinski definition) is 5. The predicted octanol–water partition coefficient (Wildman–Crippen LogP) is -0.228. The number of aliphatic hydroxyl groups is 1. The minimum absolute atomic E-state index is 0.493. The van der Waals surface area contributed by atoms with E-state index in [0.29, 0.717) is 12.8 Å². The van der Waals surface area contributed by atoms with Crippen molar-refractivity contribution in [2.45, 2.75) is 44.2 Å². The van der Waals surface area contributed by atoms with Crippen LogP contribution in [0.4, 0.5) is 0 Å². The van der Waals surface area contributed by atoms with E-state index in [1.165, 1.54) is 0 Å². The van der Waals surface area contributed by atoms with Gasteiger partial charge >= 0.3 is 5.97 Å². The minimum atomic E-state index is -3.73. The zero-order chi connectivity index (χ0) is 12.9. The smallest absolute Gasteiger partial charge is 0.322 e. The number of aliphatic hydroxyl groups excluding tert-OH is 1. The Hall–Kier alpha value is -0.660. The van der Waals surface area contributed by atoms with Gasteiger partial charge in [-0.1, -0.05) is 19.3 Å². The van der Waals surface area contributed by atoms with Gasteiger partial charge in [-0.2, -0.15) is 0 Å². The number of nitrogens with one attached hydrogen (secondary N) is 1. The summed E-state index contributed by atoms with van der Waals surface area (Å²) in [4.78, 5) is 10.9. The molecule has 1 saturated carbocycles. The highest BCUT2D eigenvalue weighted by Gasteiger charge is 2.27. The largest absolute Gasteiger partial charge is 0.468 e. The molecule has 1 aliphatic carbocycles. The summed E-state index contributed by atoms with van der Waals surface area (Å²) < 4.78 is 29.9. The lowest BCUT2D eigenvalue weighted by Gasteiger charge is -2.21. The molecule has 0 heterocycles. The molecule has 0 aromatic rings. The molecule has 17 heavy (non-hydrogen) atoms. The van der Waals surface area contributed by atoms with Gasteiger partial charge in [-0.25, -0.2) is 13.1 Å². The summed E-state index contributed by atoms with van der Waals surface area (Å²) in [5.74, 6) is -1.51. The van der Waals surface area contributed by atoms with Crippen molar-refractivity contribution in [2.24, 2.45) is 0 Å². The standard InChI is InChI=1S/C10H19NO5S/c1-16-10(13)7-17(14,15)11-8-5-3-2-4-6-9(8)12/h8-9,11-12H,2-7H2,1H3. The summed E-state index contributed by atoms with van der Waals surface area (Å²) in [5, 5.41) is 9.76. The van der Waals surface area contributed by atoms with Crippen molar-refractivity contribution in [2.75, 3.05) is 12.9 Å². The highest BCUT2D eigenvalue weighted by Crippen LogP contribution is 2.18. The van der Waals surface area contributed by atoms with Gasteiger partial charge in [0.1, 0.15) is 0 Å². The van der Waals surface area contributed by atoms with Crippen molar-refractivity contribution >= 4 is 16.0 Å². The van der Waals surface area contributed by atoms with E-state index in [-0.39, 0.29) is 0 Å². The highest BCUT2D eigenvalue weighted by molar-refractivity contribution is 7.90. The molecule has 0 aromatic heterocycles. The first kappa shape index (κ1) is 14.4. The normalized spacial score (nSPS) is 26.2. The van der Waals surface area contributed by atoms with Crippen molar-refractivity contribution in [1.82, 2.24) is 4.72 Å². The van der Waals surface area contributed by atoms with Crippen LogP contribution in [-0.4, -0.2) is 44.5 Å². The highest BCUT2D eigenvalue weighted by atomic mass is 32.2. The van der Waals surface area contributed by atoms with Crippen LogP contribution < -0.4 is 4.72 Å². The Morgan fingerprint density at radius 3 is 2.65 bits per heavy atom. The molecule has 2 unspecified atom stereocenters. The molecule has 0 bridgehead atoms. The van der Waals surface area contributed by atoms with Crippen LogP contribution >= 0.6 is 0 Å². The van der Waals surface area contributed by atoms with Gasteiger partial charge in [-0.05, 0) is 12.8 Å². The lowest BCUT2D eigenvalue weighted by Crippen LogP contribution is -2.44. The van der Waals surface area contributed by atoms with E-state index >= 15 is 0 Å². The fraction of sp³-hybridized carbons (Fsp3) is 0.900. The Balaban J connectivity index is 2.58. The number of sulfonamides is 1. The van der Waals surface area contributed by atoms with Crippen LogP contribution in [0.3, 0.4) is 0 Å². The number of esters is 1. The number of hydrogen-bond donors (Lipinski definition) is 2. The number of methoxy groups -OCH3 is 1. The molecule has 0 aromatic carbocycles. The van der Waals surface area contributed by atoms with Crippen LogP contribution in [0.2, 0.25) is 0 Å². The zero-order valence-electron chi connectivity index (χ0n) is 9.89. The molecule has 0 amide bonds. The van der Waals surface area contributed by atoms with Gasteiger partial charge in [0.25, 0.3) is 0 Å². The van der Waals surface area contributed by atoms with Crippen molar-refractivity contribution in [1.29, 1.82) is 0 Å². The molecule has 1 aliphatic rings. The van der Waals surface area contributed by atoms with Crippen LogP contribution in [-0.2, 0) is 19.6 Å². The molecular formula is C10H19NO5S. The predicted molar refractivity (Wildman–Crippen MR) is 61.8 cm³/mol. The minimum Gasteiger partial charge on any atom is -0.468 e. The van der Waals surface area contributed by atoms with Crippen molar-refractivity contribution in [3.63, 3.8) is 0 Å². The van der Waals surface area contributed by atoms with Crippen LogP contribution in [0.5, 0.6) is 0 Å².